The molecule has 0 bridgehead atoms. The van der Waals surface area contributed by atoms with Gasteiger partial charge in [0, 0.05) is 18.3 Å². The van der Waals surface area contributed by atoms with E-state index in [2.05, 4.69) is 15.7 Å². The number of hydrogen-bond acceptors (Lipinski definition) is 3. The topological polar surface area (TPSA) is 76.0 Å². The van der Waals surface area contributed by atoms with Crippen LogP contribution in [0.5, 0.6) is 0 Å². The summed E-state index contributed by atoms with van der Waals surface area (Å²) < 4.78 is 14.4. The normalized spacial score (nSPS) is 10.5. The van der Waals surface area contributed by atoms with Crippen molar-refractivity contribution >= 4 is 17.5 Å². The van der Waals surface area contributed by atoms with Gasteiger partial charge in [0.25, 0.3) is 5.91 Å². The average molecular weight is 380 g/mol. The van der Waals surface area contributed by atoms with Crippen LogP contribution in [0.25, 0.3) is 0 Å². The Morgan fingerprint density at radius 3 is 2.61 bits per heavy atom. The third kappa shape index (κ3) is 5.26. The highest BCUT2D eigenvalue weighted by Gasteiger charge is 2.09. The van der Waals surface area contributed by atoms with E-state index in [0.29, 0.717) is 17.8 Å². The Morgan fingerprint density at radius 1 is 1.11 bits per heavy atom. The first-order chi connectivity index (χ1) is 13.5. The highest BCUT2D eigenvalue weighted by molar-refractivity contribution is 6.04. The summed E-state index contributed by atoms with van der Waals surface area (Å²) in [5, 5.41) is 9.61. The Hall–Kier alpha value is -3.48. The van der Waals surface area contributed by atoms with Crippen LogP contribution in [-0.4, -0.2) is 28.1 Å². The Balaban J connectivity index is 1.47. The molecule has 1 heterocycles. The van der Waals surface area contributed by atoms with E-state index in [4.69, 9.17) is 0 Å². The number of nitrogens with zero attached hydrogens (tertiary/aromatic N) is 2. The summed E-state index contributed by atoms with van der Waals surface area (Å²) in [6.07, 6.45) is 3.79. The molecule has 0 saturated carbocycles. The molecule has 0 aliphatic heterocycles. The Kier molecular flexibility index (Phi) is 6.16. The van der Waals surface area contributed by atoms with Crippen molar-refractivity contribution in [3.05, 3.63) is 83.4 Å². The van der Waals surface area contributed by atoms with Crippen LogP contribution in [-0.2, 0) is 17.8 Å². The Morgan fingerprint density at radius 2 is 1.86 bits per heavy atom. The van der Waals surface area contributed by atoms with E-state index in [-0.39, 0.29) is 18.4 Å². The fraction of sp³-hybridized carbons (Fsp3) is 0.190. The van der Waals surface area contributed by atoms with Crippen LogP contribution in [0.3, 0.4) is 0 Å². The van der Waals surface area contributed by atoms with Crippen LogP contribution in [0.4, 0.5) is 10.1 Å². The first-order valence-corrected chi connectivity index (χ1v) is 8.92. The summed E-state index contributed by atoms with van der Waals surface area (Å²) in [5.41, 5.74) is 3.20. The first-order valence-electron chi connectivity index (χ1n) is 8.92. The van der Waals surface area contributed by atoms with Crippen molar-refractivity contribution in [2.45, 2.75) is 19.9 Å². The summed E-state index contributed by atoms with van der Waals surface area (Å²) in [4.78, 5) is 24.2. The number of carbonyl (C=O) groups excluding carboxylic acids is 2. The molecule has 3 aromatic rings. The number of hydrogen-bond donors (Lipinski definition) is 2. The van der Waals surface area contributed by atoms with Crippen molar-refractivity contribution in [1.82, 2.24) is 15.1 Å². The van der Waals surface area contributed by atoms with Gasteiger partial charge in [-0.05, 0) is 48.7 Å². The van der Waals surface area contributed by atoms with Crippen LogP contribution in [0, 0.1) is 12.7 Å². The molecule has 6 nitrogen and oxygen atoms in total. The zero-order valence-corrected chi connectivity index (χ0v) is 15.5. The van der Waals surface area contributed by atoms with Gasteiger partial charge in [-0.1, -0.05) is 24.3 Å². The molecule has 1 aromatic heterocycles. The van der Waals surface area contributed by atoms with Crippen LogP contribution >= 0.6 is 0 Å². The van der Waals surface area contributed by atoms with Crippen molar-refractivity contribution in [2.24, 2.45) is 0 Å². The highest BCUT2D eigenvalue weighted by atomic mass is 19.1. The molecule has 7 heteroatoms. The largest absolute Gasteiger partial charge is 0.354 e. The molecule has 144 valence electrons. The molecular weight excluding hydrogens is 359 g/mol. The SMILES string of the molecule is Cc1ccccc1CCNC(=O)Cn1cc(NC(=O)c2ccc(F)cc2)cn1. The van der Waals surface area contributed by atoms with Gasteiger partial charge in [0.2, 0.25) is 5.91 Å². The summed E-state index contributed by atoms with van der Waals surface area (Å²) in [6, 6.07) is 13.3. The van der Waals surface area contributed by atoms with Crippen molar-refractivity contribution in [3.63, 3.8) is 0 Å². The third-order valence-corrected chi connectivity index (χ3v) is 4.28. The van der Waals surface area contributed by atoms with Gasteiger partial charge in [-0.15, -0.1) is 0 Å². The standard InChI is InChI=1S/C21H21FN4O2/c1-15-4-2-3-5-16(15)10-11-23-20(27)14-26-13-19(12-24-26)25-21(28)17-6-8-18(22)9-7-17/h2-9,12-13H,10-11,14H2,1H3,(H,23,27)(H,25,28). The summed E-state index contributed by atoms with van der Waals surface area (Å²) in [7, 11) is 0. The van der Waals surface area contributed by atoms with Crippen molar-refractivity contribution in [3.8, 4) is 0 Å². The molecule has 28 heavy (non-hydrogen) atoms. The van der Waals surface area contributed by atoms with Crippen molar-refractivity contribution in [2.75, 3.05) is 11.9 Å². The number of aromatic nitrogens is 2. The van der Waals surface area contributed by atoms with Crippen LogP contribution in [0.1, 0.15) is 21.5 Å². The second kappa shape index (κ2) is 8.94. The maximum Gasteiger partial charge on any atom is 0.255 e. The van der Waals surface area contributed by atoms with E-state index in [1.807, 2.05) is 31.2 Å². The Bertz CT molecular complexity index is 967. The van der Waals surface area contributed by atoms with Gasteiger partial charge in [-0.25, -0.2) is 4.39 Å². The van der Waals surface area contributed by atoms with Gasteiger partial charge in [-0.2, -0.15) is 5.10 Å². The van der Waals surface area contributed by atoms with Crippen LogP contribution < -0.4 is 10.6 Å². The number of rotatable bonds is 7. The molecule has 2 aromatic carbocycles. The molecule has 0 aliphatic carbocycles. The lowest BCUT2D eigenvalue weighted by molar-refractivity contribution is -0.121. The molecule has 0 unspecified atom stereocenters. The number of nitrogens with one attached hydrogen (secondary N) is 2. The van der Waals surface area contributed by atoms with Crippen LogP contribution in [0.15, 0.2) is 60.9 Å². The second-order valence-electron chi connectivity index (χ2n) is 6.41. The zero-order valence-electron chi connectivity index (χ0n) is 15.5. The number of halogens is 1. The summed E-state index contributed by atoms with van der Waals surface area (Å²) in [6.45, 7) is 2.64. The van der Waals surface area contributed by atoms with E-state index in [0.717, 1.165) is 6.42 Å². The second-order valence-corrected chi connectivity index (χ2v) is 6.41. The first kappa shape index (κ1) is 19.3. The van der Waals surface area contributed by atoms with Gasteiger partial charge < -0.3 is 10.6 Å². The van der Waals surface area contributed by atoms with Gasteiger partial charge >= 0.3 is 0 Å². The lowest BCUT2D eigenvalue weighted by Gasteiger charge is -2.07. The number of carbonyl (C=O) groups is 2. The molecule has 0 atom stereocenters. The third-order valence-electron chi connectivity index (χ3n) is 4.28. The van der Waals surface area contributed by atoms with Crippen molar-refractivity contribution in [1.29, 1.82) is 0 Å². The minimum absolute atomic E-state index is 0.0557. The van der Waals surface area contributed by atoms with E-state index in [1.54, 1.807) is 6.20 Å². The van der Waals surface area contributed by atoms with Crippen molar-refractivity contribution < 1.29 is 14.0 Å². The van der Waals surface area contributed by atoms with Crippen LogP contribution in [0.2, 0.25) is 0 Å². The molecule has 3 rings (SSSR count). The van der Waals surface area contributed by atoms with Gasteiger partial charge in [-0.3, -0.25) is 14.3 Å². The Labute approximate surface area is 162 Å². The number of anilines is 1. The number of benzene rings is 2. The molecule has 0 radical (unpaired) electrons. The molecule has 0 spiro atoms. The van der Waals surface area contributed by atoms with E-state index < -0.39 is 5.82 Å². The molecule has 2 N–H and O–H groups in total. The maximum atomic E-state index is 12.9. The molecular formula is C21H21FN4O2. The summed E-state index contributed by atoms with van der Waals surface area (Å²) >= 11 is 0. The highest BCUT2D eigenvalue weighted by Crippen LogP contribution is 2.10. The number of amides is 2. The molecule has 0 fully saturated rings. The number of aryl methyl sites for hydroxylation is 1. The minimum atomic E-state index is -0.405. The average Bonchev–Trinajstić information content (AvgIpc) is 3.10. The van der Waals surface area contributed by atoms with E-state index >= 15 is 0 Å². The smallest absolute Gasteiger partial charge is 0.255 e. The fourth-order valence-corrected chi connectivity index (χ4v) is 2.75. The maximum absolute atomic E-state index is 12.9. The monoisotopic (exact) mass is 380 g/mol. The zero-order chi connectivity index (χ0) is 19.9. The molecule has 2 amide bonds. The summed E-state index contributed by atoms with van der Waals surface area (Å²) in [5.74, 6) is -0.937. The van der Waals surface area contributed by atoms with E-state index in [1.165, 1.54) is 46.3 Å². The lowest BCUT2D eigenvalue weighted by atomic mass is 10.1. The van der Waals surface area contributed by atoms with Gasteiger partial charge in [0.15, 0.2) is 0 Å². The lowest BCUT2D eigenvalue weighted by Crippen LogP contribution is -2.29. The predicted molar refractivity (Wildman–Crippen MR) is 104 cm³/mol. The van der Waals surface area contributed by atoms with E-state index in [9.17, 15) is 14.0 Å². The fourth-order valence-electron chi connectivity index (χ4n) is 2.75. The quantitative estimate of drug-likeness (QED) is 0.662. The van der Waals surface area contributed by atoms with Gasteiger partial charge in [0.1, 0.15) is 12.4 Å². The molecule has 0 saturated heterocycles. The molecule has 0 aliphatic rings. The van der Waals surface area contributed by atoms with Gasteiger partial charge in [0.05, 0.1) is 11.9 Å². The minimum Gasteiger partial charge on any atom is -0.354 e. The predicted octanol–water partition coefficient (Wildman–Crippen LogP) is 2.94.